The van der Waals surface area contributed by atoms with Crippen molar-refractivity contribution in [2.75, 3.05) is 18.8 Å². The molecule has 120 valence electrons. The molecule has 2 rings (SSSR count). The van der Waals surface area contributed by atoms with Crippen LogP contribution in [0.3, 0.4) is 0 Å². The summed E-state index contributed by atoms with van der Waals surface area (Å²) in [5, 5.41) is 3.77. The van der Waals surface area contributed by atoms with Crippen molar-refractivity contribution in [2.45, 2.75) is 13.5 Å². The summed E-state index contributed by atoms with van der Waals surface area (Å²) in [5.74, 6) is 1.58. The number of furan rings is 1. The number of hydrogen-bond acceptors (Lipinski definition) is 4. The van der Waals surface area contributed by atoms with Crippen LogP contribution in [0.15, 0.2) is 40.8 Å². The van der Waals surface area contributed by atoms with E-state index in [1.54, 1.807) is 6.92 Å². The van der Waals surface area contributed by atoms with Crippen molar-refractivity contribution in [2.24, 2.45) is 0 Å². The molecule has 22 heavy (non-hydrogen) atoms. The van der Waals surface area contributed by atoms with Gasteiger partial charge in [0.2, 0.25) is 10.0 Å². The van der Waals surface area contributed by atoms with Gasteiger partial charge in [-0.05, 0) is 31.2 Å². The molecule has 2 N–H and O–H groups in total. The SMILES string of the molecule is CCS(=O)(=O)NCCNCc1ccc(-c2ccccc2Cl)o1. The van der Waals surface area contributed by atoms with Crippen LogP contribution < -0.4 is 10.0 Å². The molecular weight excluding hydrogens is 324 g/mol. The summed E-state index contributed by atoms with van der Waals surface area (Å²) in [4.78, 5) is 0. The lowest BCUT2D eigenvalue weighted by Crippen LogP contribution is -2.32. The lowest BCUT2D eigenvalue weighted by molar-refractivity contribution is 0.493. The first-order valence-corrected chi connectivity index (χ1v) is 9.06. The predicted molar refractivity (Wildman–Crippen MR) is 88.3 cm³/mol. The van der Waals surface area contributed by atoms with E-state index in [2.05, 4.69) is 10.0 Å². The Hall–Kier alpha value is -1.34. The molecule has 0 unspecified atom stereocenters. The fourth-order valence-corrected chi connectivity index (χ4v) is 2.73. The number of sulfonamides is 1. The van der Waals surface area contributed by atoms with Gasteiger partial charge in [0.1, 0.15) is 11.5 Å². The standard InChI is InChI=1S/C15H19ClN2O3S/c1-2-22(19,20)18-10-9-17-11-12-7-8-15(21-12)13-5-3-4-6-14(13)16/h3-8,17-18H,2,9-11H2,1H3. The Labute approximate surface area is 135 Å². The van der Waals surface area contributed by atoms with Crippen LogP contribution in [-0.4, -0.2) is 27.3 Å². The maximum atomic E-state index is 11.3. The third-order valence-corrected chi connectivity index (χ3v) is 4.84. The fourth-order valence-electron chi connectivity index (χ4n) is 1.89. The van der Waals surface area contributed by atoms with Gasteiger partial charge in [-0.1, -0.05) is 23.7 Å². The molecule has 0 bridgehead atoms. The highest BCUT2D eigenvalue weighted by molar-refractivity contribution is 7.89. The second-order valence-electron chi connectivity index (χ2n) is 4.72. The normalized spacial score (nSPS) is 11.7. The van der Waals surface area contributed by atoms with Gasteiger partial charge in [0.15, 0.2) is 0 Å². The van der Waals surface area contributed by atoms with Crippen molar-refractivity contribution in [1.29, 1.82) is 0 Å². The van der Waals surface area contributed by atoms with Gasteiger partial charge >= 0.3 is 0 Å². The summed E-state index contributed by atoms with van der Waals surface area (Å²) in [6.45, 7) is 3.02. The van der Waals surface area contributed by atoms with E-state index < -0.39 is 10.0 Å². The van der Waals surface area contributed by atoms with Gasteiger partial charge < -0.3 is 9.73 Å². The Morgan fingerprint density at radius 2 is 1.91 bits per heavy atom. The average molecular weight is 343 g/mol. The highest BCUT2D eigenvalue weighted by atomic mass is 35.5. The van der Waals surface area contributed by atoms with Crippen molar-refractivity contribution in [1.82, 2.24) is 10.0 Å². The maximum absolute atomic E-state index is 11.3. The van der Waals surface area contributed by atoms with E-state index >= 15 is 0 Å². The maximum Gasteiger partial charge on any atom is 0.211 e. The van der Waals surface area contributed by atoms with Crippen LogP contribution in [0, 0.1) is 0 Å². The molecule has 7 heteroatoms. The molecule has 1 heterocycles. The Kier molecular flexibility index (Phi) is 6.02. The van der Waals surface area contributed by atoms with E-state index in [1.165, 1.54) is 0 Å². The van der Waals surface area contributed by atoms with Crippen LogP contribution in [0.4, 0.5) is 0 Å². The molecular formula is C15H19ClN2O3S. The number of halogens is 1. The average Bonchev–Trinajstić information content (AvgIpc) is 2.96. The fraction of sp³-hybridized carbons (Fsp3) is 0.333. The van der Waals surface area contributed by atoms with Gasteiger partial charge in [-0.2, -0.15) is 0 Å². The van der Waals surface area contributed by atoms with Crippen molar-refractivity contribution in [3.05, 3.63) is 47.2 Å². The number of nitrogens with one attached hydrogen (secondary N) is 2. The van der Waals surface area contributed by atoms with Crippen molar-refractivity contribution in [3.8, 4) is 11.3 Å². The van der Waals surface area contributed by atoms with Gasteiger partial charge in [0.05, 0.1) is 17.3 Å². The number of hydrogen-bond donors (Lipinski definition) is 2. The summed E-state index contributed by atoms with van der Waals surface area (Å²) in [7, 11) is -3.13. The molecule has 2 aromatic rings. The number of benzene rings is 1. The summed E-state index contributed by atoms with van der Waals surface area (Å²) < 4.78 is 30.7. The molecule has 0 atom stereocenters. The third kappa shape index (κ3) is 4.84. The largest absolute Gasteiger partial charge is 0.460 e. The van der Waals surface area contributed by atoms with Crippen LogP contribution in [0.25, 0.3) is 11.3 Å². The van der Waals surface area contributed by atoms with E-state index in [0.717, 1.165) is 11.3 Å². The van der Waals surface area contributed by atoms with E-state index in [1.807, 2.05) is 36.4 Å². The first kappa shape index (κ1) is 17.0. The van der Waals surface area contributed by atoms with E-state index in [-0.39, 0.29) is 5.75 Å². The molecule has 0 fully saturated rings. The van der Waals surface area contributed by atoms with Crippen LogP contribution >= 0.6 is 11.6 Å². The van der Waals surface area contributed by atoms with Crippen molar-refractivity contribution >= 4 is 21.6 Å². The minimum atomic E-state index is -3.13. The summed E-state index contributed by atoms with van der Waals surface area (Å²) in [6.07, 6.45) is 0. The van der Waals surface area contributed by atoms with Crippen LogP contribution in [-0.2, 0) is 16.6 Å². The summed E-state index contributed by atoms with van der Waals surface area (Å²) >= 11 is 6.13. The van der Waals surface area contributed by atoms with Gasteiger partial charge in [-0.25, -0.2) is 13.1 Å². The Morgan fingerprint density at radius 1 is 1.14 bits per heavy atom. The lowest BCUT2D eigenvalue weighted by atomic mass is 10.2. The lowest BCUT2D eigenvalue weighted by Gasteiger charge is -2.05. The second kappa shape index (κ2) is 7.78. The first-order valence-electron chi connectivity index (χ1n) is 7.03. The van der Waals surface area contributed by atoms with Crippen LogP contribution in [0.5, 0.6) is 0 Å². The van der Waals surface area contributed by atoms with E-state index in [9.17, 15) is 8.42 Å². The highest BCUT2D eigenvalue weighted by Crippen LogP contribution is 2.28. The summed E-state index contributed by atoms with van der Waals surface area (Å²) in [6, 6.07) is 11.2. The van der Waals surface area contributed by atoms with Gasteiger partial charge in [-0.15, -0.1) is 0 Å². The molecule has 5 nitrogen and oxygen atoms in total. The van der Waals surface area contributed by atoms with Gasteiger partial charge in [-0.3, -0.25) is 0 Å². The molecule has 0 radical (unpaired) electrons. The zero-order valence-corrected chi connectivity index (χ0v) is 13.9. The van der Waals surface area contributed by atoms with Crippen LogP contribution in [0.2, 0.25) is 5.02 Å². The first-order chi connectivity index (χ1) is 10.5. The topological polar surface area (TPSA) is 71.3 Å². The quantitative estimate of drug-likeness (QED) is 0.723. The third-order valence-electron chi connectivity index (χ3n) is 3.10. The molecule has 0 aliphatic heterocycles. The van der Waals surface area contributed by atoms with Gasteiger partial charge in [0.25, 0.3) is 0 Å². The highest BCUT2D eigenvalue weighted by Gasteiger charge is 2.08. The minimum Gasteiger partial charge on any atom is -0.460 e. The Morgan fingerprint density at radius 3 is 2.64 bits per heavy atom. The molecule has 1 aromatic carbocycles. The van der Waals surface area contributed by atoms with E-state index in [0.29, 0.717) is 30.4 Å². The smallest absolute Gasteiger partial charge is 0.211 e. The molecule has 0 spiro atoms. The zero-order chi connectivity index (χ0) is 16.0. The Balaban J connectivity index is 1.82. The van der Waals surface area contributed by atoms with Gasteiger partial charge in [0, 0.05) is 18.7 Å². The molecule has 0 aliphatic rings. The Bertz CT molecular complexity index is 713. The van der Waals surface area contributed by atoms with Crippen LogP contribution in [0.1, 0.15) is 12.7 Å². The van der Waals surface area contributed by atoms with E-state index in [4.69, 9.17) is 16.0 Å². The van der Waals surface area contributed by atoms with Crippen molar-refractivity contribution in [3.63, 3.8) is 0 Å². The molecule has 0 amide bonds. The molecule has 0 aliphatic carbocycles. The summed E-state index contributed by atoms with van der Waals surface area (Å²) in [5.41, 5.74) is 0.853. The molecule has 0 saturated carbocycles. The zero-order valence-electron chi connectivity index (χ0n) is 12.3. The molecule has 0 saturated heterocycles. The minimum absolute atomic E-state index is 0.0897. The molecule has 1 aromatic heterocycles. The number of rotatable bonds is 8. The second-order valence-corrected chi connectivity index (χ2v) is 7.22. The monoisotopic (exact) mass is 342 g/mol. The van der Waals surface area contributed by atoms with Crippen molar-refractivity contribution < 1.29 is 12.8 Å². The predicted octanol–water partition coefficient (Wildman–Crippen LogP) is 2.63.